The molecule has 3 aromatic rings. The van der Waals surface area contributed by atoms with E-state index >= 15 is 0 Å². The second-order valence-corrected chi connectivity index (χ2v) is 4.84. The lowest BCUT2D eigenvalue weighted by molar-refractivity contribution is 0.514. The van der Waals surface area contributed by atoms with Gasteiger partial charge in [-0.15, -0.1) is 0 Å². The standard InChI is InChI=1S/C14H9F3N2S/c1-7-2-3-8(15)6-11(7)19-13-10(18-14(19)20)5-4-9(16)12(13)17/h2-6H,1H3,(H,18,20). The number of nitrogens with zero attached hydrogens (tertiary/aromatic N) is 1. The number of fused-ring (bicyclic) bond motifs is 1. The van der Waals surface area contributed by atoms with Crippen molar-refractivity contribution in [1.29, 1.82) is 0 Å². The second-order valence-electron chi connectivity index (χ2n) is 4.45. The Balaban J connectivity index is 2.48. The van der Waals surface area contributed by atoms with Gasteiger partial charge < -0.3 is 4.98 Å². The van der Waals surface area contributed by atoms with Crippen LogP contribution in [-0.4, -0.2) is 9.55 Å². The van der Waals surface area contributed by atoms with Crippen LogP contribution in [0, 0.1) is 29.1 Å². The summed E-state index contributed by atoms with van der Waals surface area (Å²) in [6, 6.07) is 6.51. The molecular weight excluding hydrogens is 285 g/mol. The van der Waals surface area contributed by atoms with Crippen LogP contribution >= 0.6 is 12.2 Å². The number of aromatic amines is 1. The largest absolute Gasteiger partial charge is 0.330 e. The molecule has 0 fully saturated rings. The highest BCUT2D eigenvalue weighted by atomic mass is 32.1. The molecule has 0 radical (unpaired) electrons. The lowest BCUT2D eigenvalue weighted by Gasteiger charge is -2.09. The van der Waals surface area contributed by atoms with E-state index < -0.39 is 17.5 Å². The fraction of sp³-hybridized carbons (Fsp3) is 0.0714. The third-order valence-electron chi connectivity index (χ3n) is 3.15. The molecule has 6 heteroatoms. The lowest BCUT2D eigenvalue weighted by atomic mass is 10.2. The number of halogens is 3. The van der Waals surface area contributed by atoms with Gasteiger partial charge in [0.25, 0.3) is 0 Å². The van der Waals surface area contributed by atoms with Gasteiger partial charge in [0.1, 0.15) is 11.3 Å². The van der Waals surface area contributed by atoms with Gasteiger partial charge in [-0.25, -0.2) is 13.2 Å². The van der Waals surface area contributed by atoms with Gasteiger partial charge in [-0.2, -0.15) is 0 Å². The summed E-state index contributed by atoms with van der Waals surface area (Å²) >= 11 is 5.14. The maximum atomic E-state index is 14.0. The highest BCUT2D eigenvalue weighted by molar-refractivity contribution is 7.71. The van der Waals surface area contributed by atoms with Crippen LogP contribution in [-0.2, 0) is 0 Å². The molecule has 0 amide bonds. The minimum absolute atomic E-state index is 0.0244. The lowest BCUT2D eigenvalue weighted by Crippen LogP contribution is -2.00. The summed E-state index contributed by atoms with van der Waals surface area (Å²) in [5, 5.41) is 0. The zero-order chi connectivity index (χ0) is 14.4. The number of H-pyrrole nitrogens is 1. The maximum absolute atomic E-state index is 14.0. The van der Waals surface area contributed by atoms with Gasteiger partial charge in [-0.1, -0.05) is 6.07 Å². The molecule has 0 atom stereocenters. The number of imidazole rings is 1. The molecule has 2 nitrogen and oxygen atoms in total. The number of aryl methyl sites for hydroxylation is 1. The second kappa shape index (κ2) is 4.49. The Hall–Kier alpha value is -2.08. The maximum Gasteiger partial charge on any atom is 0.184 e. The fourth-order valence-electron chi connectivity index (χ4n) is 2.19. The number of aromatic nitrogens is 2. The summed E-state index contributed by atoms with van der Waals surface area (Å²) < 4.78 is 42.4. The molecule has 1 heterocycles. The number of hydrogen-bond acceptors (Lipinski definition) is 1. The molecule has 0 saturated heterocycles. The Morgan fingerprint density at radius 2 is 1.85 bits per heavy atom. The molecule has 0 unspecified atom stereocenters. The van der Waals surface area contributed by atoms with E-state index in [0.717, 1.165) is 6.07 Å². The molecule has 20 heavy (non-hydrogen) atoms. The summed E-state index contributed by atoms with van der Waals surface area (Å²) in [5.41, 5.74) is 1.42. The van der Waals surface area contributed by atoms with Crippen LogP contribution < -0.4 is 0 Å². The van der Waals surface area contributed by atoms with Gasteiger partial charge in [0.2, 0.25) is 0 Å². The Morgan fingerprint density at radius 1 is 1.10 bits per heavy atom. The third-order valence-corrected chi connectivity index (χ3v) is 3.43. The molecule has 102 valence electrons. The van der Waals surface area contributed by atoms with Crippen molar-refractivity contribution in [1.82, 2.24) is 9.55 Å². The minimum atomic E-state index is -1.02. The zero-order valence-corrected chi connectivity index (χ0v) is 11.2. The summed E-state index contributed by atoms with van der Waals surface area (Å²) in [7, 11) is 0. The quantitative estimate of drug-likeness (QED) is 0.659. The van der Waals surface area contributed by atoms with Crippen molar-refractivity contribution in [2.24, 2.45) is 0 Å². The van der Waals surface area contributed by atoms with E-state index in [4.69, 9.17) is 12.2 Å². The normalized spacial score (nSPS) is 11.2. The van der Waals surface area contributed by atoms with Gasteiger partial charge in [-0.05, 0) is 49.0 Å². The molecule has 0 aliphatic carbocycles. The van der Waals surface area contributed by atoms with Crippen LogP contribution in [0.25, 0.3) is 16.7 Å². The summed E-state index contributed by atoms with van der Waals surface area (Å²) in [6.45, 7) is 1.74. The van der Waals surface area contributed by atoms with Crippen LogP contribution in [0.3, 0.4) is 0 Å². The molecule has 0 spiro atoms. The average molecular weight is 294 g/mol. The van der Waals surface area contributed by atoms with Crippen molar-refractivity contribution in [3.05, 3.63) is 58.1 Å². The first-order valence-corrected chi connectivity index (χ1v) is 6.25. The zero-order valence-electron chi connectivity index (χ0n) is 10.4. The van der Waals surface area contributed by atoms with Crippen LogP contribution in [0.5, 0.6) is 0 Å². The number of nitrogens with one attached hydrogen (secondary N) is 1. The van der Waals surface area contributed by atoms with E-state index in [1.807, 2.05) is 0 Å². The van der Waals surface area contributed by atoms with Crippen molar-refractivity contribution in [3.8, 4) is 5.69 Å². The number of rotatable bonds is 1. The molecule has 0 bridgehead atoms. The van der Waals surface area contributed by atoms with Crippen molar-refractivity contribution in [2.75, 3.05) is 0 Å². The molecule has 3 rings (SSSR count). The topological polar surface area (TPSA) is 20.7 Å². The van der Waals surface area contributed by atoms with Gasteiger partial charge in [0.15, 0.2) is 16.4 Å². The summed E-state index contributed by atoms with van der Waals surface area (Å²) in [5.74, 6) is -2.47. The average Bonchev–Trinajstić information content (AvgIpc) is 2.74. The van der Waals surface area contributed by atoms with E-state index in [-0.39, 0.29) is 10.3 Å². The van der Waals surface area contributed by atoms with Crippen LogP contribution in [0.2, 0.25) is 0 Å². The van der Waals surface area contributed by atoms with Crippen molar-refractivity contribution in [3.63, 3.8) is 0 Å². The van der Waals surface area contributed by atoms with Gasteiger partial charge in [-0.3, -0.25) is 4.57 Å². The highest BCUT2D eigenvalue weighted by Crippen LogP contribution is 2.26. The molecule has 2 aromatic carbocycles. The molecule has 0 aliphatic heterocycles. The summed E-state index contributed by atoms with van der Waals surface area (Å²) in [6.07, 6.45) is 0. The Bertz CT molecular complexity index is 880. The fourth-order valence-corrected chi connectivity index (χ4v) is 2.48. The van der Waals surface area contributed by atoms with E-state index in [9.17, 15) is 13.2 Å². The number of benzene rings is 2. The smallest absolute Gasteiger partial charge is 0.184 e. The molecule has 0 aliphatic rings. The minimum Gasteiger partial charge on any atom is -0.330 e. The predicted molar refractivity (Wildman–Crippen MR) is 73.1 cm³/mol. The Morgan fingerprint density at radius 3 is 2.60 bits per heavy atom. The first-order valence-electron chi connectivity index (χ1n) is 5.84. The Kier molecular flexibility index (Phi) is 2.90. The van der Waals surface area contributed by atoms with Gasteiger partial charge >= 0.3 is 0 Å². The van der Waals surface area contributed by atoms with Crippen molar-refractivity contribution < 1.29 is 13.2 Å². The van der Waals surface area contributed by atoms with E-state index in [2.05, 4.69) is 4.98 Å². The SMILES string of the molecule is Cc1ccc(F)cc1-n1c(=S)[nH]c2ccc(F)c(F)c21. The first kappa shape index (κ1) is 12.9. The van der Waals surface area contributed by atoms with Crippen molar-refractivity contribution in [2.45, 2.75) is 6.92 Å². The number of hydrogen-bond donors (Lipinski definition) is 1. The summed E-state index contributed by atoms with van der Waals surface area (Å²) in [4.78, 5) is 2.79. The van der Waals surface area contributed by atoms with E-state index in [1.165, 1.54) is 22.8 Å². The van der Waals surface area contributed by atoms with E-state index in [0.29, 0.717) is 16.8 Å². The molecule has 0 saturated carbocycles. The van der Waals surface area contributed by atoms with Crippen LogP contribution in [0.15, 0.2) is 30.3 Å². The van der Waals surface area contributed by atoms with Crippen LogP contribution in [0.4, 0.5) is 13.2 Å². The van der Waals surface area contributed by atoms with Crippen molar-refractivity contribution >= 4 is 23.3 Å². The third kappa shape index (κ3) is 1.84. The highest BCUT2D eigenvalue weighted by Gasteiger charge is 2.16. The molecule has 1 N–H and O–H groups in total. The molecule has 1 aromatic heterocycles. The van der Waals surface area contributed by atoms with E-state index in [1.54, 1.807) is 13.0 Å². The predicted octanol–water partition coefficient (Wildman–Crippen LogP) is 4.41. The van der Waals surface area contributed by atoms with Gasteiger partial charge in [0.05, 0.1) is 11.2 Å². The first-order chi connectivity index (χ1) is 9.49. The van der Waals surface area contributed by atoms with Crippen LogP contribution in [0.1, 0.15) is 5.56 Å². The van der Waals surface area contributed by atoms with Gasteiger partial charge in [0, 0.05) is 0 Å². The monoisotopic (exact) mass is 294 g/mol. The molecular formula is C14H9F3N2S. The Labute approximate surface area is 117 Å².